The van der Waals surface area contributed by atoms with Crippen LogP contribution in [0, 0.1) is 5.41 Å². The van der Waals surface area contributed by atoms with Crippen molar-refractivity contribution in [3.05, 3.63) is 30.7 Å². The highest BCUT2D eigenvalue weighted by atomic mass is 16.4. The number of aromatic nitrogens is 2. The standard InChI is InChI=1S/C14H16N4O2/c15-8-14(5-2-6-14)13(19)17-11-4-1-3-10(7-11)12-18-16-9-20-12/h1,3-4,7,9H,2,5-6,8,15H2,(H,17,19). The highest BCUT2D eigenvalue weighted by molar-refractivity contribution is 5.96. The zero-order valence-electron chi connectivity index (χ0n) is 11.0. The fourth-order valence-corrected chi connectivity index (χ4v) is 2.42. The first-order valence-electron chi connectivity index (χ1n) is 6.62. The molecule has 1 saturated carbocycles. The second kappa shape index (κ2) is 5.05. The van der Waals surface area contributed by atoms with Crippen LogP contribution in [0.4, 0.5) is 5.69 Å². The Morgan fingerprint density at radius 3 is 2.90 bits per heavy atom. The van der Waals surface area contributed by atoms with Crippen LogP contribution >= 0.6 is 0 Å². The highest BCUT2D eigenvalue weighted by Crippen LogP contribution is 2.40. The first-order chi connectivity index (χ1) is 9.73. The van der Waals surface area contributed by atoms with Gasteiger partial charge in [0.25, 0.3) is 0 Å². The highest BCUT2D eigenvalue weighted by Gasteiger charge is 2.42. The van der Waals surface area contributed by atoms with Crippen LogP contribution in [0.2, 0.25) is 0 Å². The second-order valence-corrected chi connectivity index (χ2v) is 5.12. The molecule has 0 spiro atoms. The summed E-state index contributed by atoms with van der Waals surface area (Å²) in [6.45, 7) is 0.391. The molecule has 0 unspecified atom stereocenters. The minimum absolute atomic E-state index is 0.00562. The van der Waals surface area contributed by atoms with E-state index in [4.69, 9.17) is 10.2 Å². The molecule has 1 aliphatic rings. The molecule has 1 aliphatic carbocycles. The lowest BCUT2D eigenvalue weighted by atomic mass is 9.68. The van der Waals surface area contributed by atoms with Crippen LogP contribution in [0.25, 0.3) is 11.5 Å². The first-order valence-corrected chi connectivity index (χ1v) is 6.62. The number of carbonyl (C=O) groups is 1. The van der Waals surface area contributed by atoms with Gasteiger partial charge in [-0.2, -0.15) is 0 Å². The van der Waals surface area contributed by atoms with Gasteiger partial charge in [0.2, 0.25) is 18.2 Å². The SMILES string of the molecule is NCC1(C(=O)Nc2cccc(-c3nnco3)c2)CCC1. The van der Waals surface area contributed by atoms with E-state index < -0.39 is 0 Å². The minimum atomic E-state index is -0.388. The van der Waals surface area contributed by atoms with Crippen LogP contribution in [-0.2, 0) is 4.79 Å². The number of hydrogen-bond donors (Lipinski definition) is 2. The topological polar surface area (TPSA) is 94.0 Å². The van der Waals surface area contributed by atoms with Gasteiger partial charge in [-0.25, -0.2) is 0 Å². The summed E-state index contributed by atoms with van der Waals surface area (Å²) in [6, 6.07) is 7.34. The van der Waals surface area contributed by atoms with Gasteiger partial charge >= 0.3 is 0 Å². The largest absolute Gasteiger partial charge is 0.423 e. The molecule has 2 aromatic rings. The van der Waals surface area contributed by atoms with Gasteiger partial charge in [-0.1, -0.05) is 12.5 Å². The van der Waals surface area contributed by atoms with E-state index in [2.05, 4.69) is 15.5 Å². The molecule has 0 radical (unpaired) electrons. The predicted octanol–water partition coefficient (Wildman–Crippen LogP) is 1.80. The Morgan fingerprint density at radius 2 is 2.30 bits per heavy atom. The molecule has 1 heterocycles. The quantitative estimate of drug-likeness (QED) is 0.885. The summed E-state index contributed by atoms with van der Waals surface area (Å²) in [5, 5.41) is 10.4. The van der Waals surface area contributed by atoms with Gasteiger partial charge < -0.3 is 15.5 Å². The van der Waals surface area contributed by atoms with E-state index in [0.29, 0.717) is 18.1 Å². The van der Waals surface area contributed by atoms with E-state index in [1.54, 1.807) is 0 Å². The van der Waals surface area contributed by atoms with E-state index in [0.717, 1.165) is 24.8 Å². The summed E-state index contributed by atoms with van der Waals surface area (Å²) < 4.78 is 5.15. The average molecular weight is 272 g/mol. The zero-order valence-corrected chi connectivity index (χ0v) is 11.0. The lowest BCUT2D eigenvalue weighted by Gasteiger charge is -2.39. The smallest absolute Gasteiger partial charge is 0.247 e. The van der Waals surface area contributed by atoms with Gasteiger partial charge in [-0.3, -0.25) is 4.79 Å². The summed E-state index contributed by atoms with van der Waals surface area (Å²) >= 11 is 0. The molecular formula is C14H16N4O2. The Balaban J connectivity index is 1.78. The Morgan fingerprint density at radius 1 is 1.45 bits per heavy atom. The number of nitrogens with zero attached hydrogens (tertiary/aromatic N) is 2. The van der Waals surface area contributed by atoms with Crippen molar-refractivity contribution in [3.63, 3.8) is 0 Å². The normalized spacial score (nSPS) is 16.4. The molecule has 1 aromatic carbocycles. The Kier molecular flexibility index (Phi) is 3.23. The van der Waals surface area contributed by atoms with Crippen LogP contribution in [-0.4, -0.2) is 22.6 Å². The van der Waals surface area contributed by atoms with Gasteiger partial charge in [-0.05, 0) is 31.0 Å². The number of anilines is 1. The summed E-state index contributed by atoms with van der Waals surface area (Å²) in [4.78, 5) is 12.3. The Labute approximate surface area is 116 Å². The van der Waals surface area contributed by atoms with Crippen LogP contribution in [0.3, 0.4) is 0 Å². The van der Waals surface area contributed by atoms with Gasteiger partial charge in [0.15, 0.2) is 0 Å². The van der Waals surface area contributed by atoms with Crippen LogP contribution < -0.4 is 11.1 Å². The molecule has 1 amide bonds. The van der Waals surface area contributed by atoms with E-state index in [-0.39, 0.29) is 11.3 Å². The number of benzene rings is 1. The molecule has 0 aliphatic heterocycles. The van der Waals surface area contributed by atoms with E-state index in [1.807, 2.05) is 24.3 Å². The first kappa shape index (κ1) is 12.8. The van der Waals surface area contributed by atoms with Crippen molar-refractivity contribution < 1.29 is 9.21 Å². The third-order valence-electron chi connectivity index (χ3n) is 3.91. The van der Waals surface area contributed by atoms with Crippen LogP contribution in [0.15, 0.2) is 35.1 Å². The number of amides is 1. The van der Waals surface area contributed by atoms with Gasteiger partial charge in [0.05, 0.1) is 5.41 Å². The van der Waals surface area contributed by atoms with Crippen molar-refractivity contribution in [1.29, 1.82) is 0 Å². The average Bonchev–Trinajstić information content (AvgIpc) is 2.92. The van der Waals surface area contributed by atoms with Crippen molar-refractivity contribution >= 4 is 11.6 Å². The fraction of sp³-hybridized carbons (Fsp3) is 0.357. The molecular weight excluding hydrogens is 256 g/mol. The molecule has 0 saturated heterocycles. The van der Waals surface area contributed by atoms with Crippen molar-refractivity contribution in [2.75, 3.05) is 11.9 Å². The summed E-state index contributed by atoms with van der Waals surface area (Å²) in [5.74, 6) is 0.423. The molecule has 0 atom stereocenters. The molecule has 0 bridgehead atoms. The molecule has 1 aromatic heterocycles. The molecule has 6 heteroatoms. The number of carbonyl (C=O) groups excluding carboxylic acids is 1. The van der Waals surface area contributed by atoms with Crippen molar-refractivity contribution in [2.45, 2.75) is 19.3 Å². The monoisotopic (exact) mass is 272 g/mol. The third-order valence-corrected chi connectivity index (χ3v) is 3.91. The van der Waals surface area contributed by atoms with Gasteiger partial charge in [0.1, 0.15) is 0 Å². The molecule has 104 valence electrons. The fourth-order valence-electron chi connectivity index (χ4n) is 2.42. The molecule has 3 N–H and O–H groups in total. The number of nitrogens with two attached hydrogens (primary N) is 1. The lowest BCUT2D eigenvalue weighted by molar-refractivity contribution is -0.129. The molecule has 1 fully saturated rings. The van der Waals surface area contributed by atoms with Crippen LogP contribution in [0.5, 0.6) is 0 Å². The van der Waals surface area contributed by atoms with E-state index >= 15 is 0 Å². The summed E-state index contributed by atoms with van der Waals surface area (Å²) in [5.41, 5.74) is 6.84. The van der Waals surface area contributed by atoms with Gasteiger partial charge in [-0.15, -0.1) is 10.2 Å². The number of hydrogen-bond acceptors (Lipinski definition) is 5. The molecule has 6 nitrogen and oxygen atoms in total. The van der Waals surface area contributed by atoms with Crippen LogP contribution in [0.1, 0.15) is 19.3 Å². The maximum absolute atomic E-state index is 12.3. The molecule has 20 heavy (non-hydrogen) atoms. The Bertz CT molecular complexity index is 600. The zero-order chi connectivity index (χ0) is 14.0. The minimum Gasteiger partial charge on any atom is -0.423 e. The van der Waals surface area contributed by atoms with E-state index in [1.165, 1.54) is 6.39 Å². The lowest BCUT2D eigenvalue weighted by Crippen LogP contribution is -2.47. The number of rotatable bonds is 4. The van der Waals surface area contributed by atoms with Crippen molar-refractivity contribution in [1.82, 2.24) is 10.2 Å². The summed E-state index contributed by atoms with van der Waals surface area (Å²) in [6.07, 6.45) is 4.06. The maximum Gasteiger partial charge on any atom is 0.247 e. The maximum atomic E-state index is 12.3. The van der Waals surface area contributed by atoms with Gasteiger partial charge in [0, 0.05) is 17.8 Å². The molecule has 3 rings (SSSR count). The number of nitrogens with one attached hydrogen (secondary N) is 1. The van der Waals surface area contributed by atoms with Crippen molar-refractivity contribution in [3.8, 4) is 11.5 Å². The third kappa shape index (κ3) is 2.18. The van der Waals surface area contributed by atoms with Crippen molar-refractivity contribution in [2.24, 2.45) is 11.1 Å². The summed E-state index contributed by atoms with van der Waals surface area (Å²) in [7, 11) is 0. The predicted molar refractivity (Wildman–Crippen MR) is 73.7 cm³/mol. The Hall–Kier alpha value is -2.21. The van der Waals surface area contributed by atoms with E-state index in [9.17, 15) is 4.79 Å². The second-order valence-electron chi connectivity index (χ2n) is 5.12.